The number of allylic oxidation sites excluding steroid dienone is 1. The van der Waals surface area contributed by atoms with Crippen LogP contribution in [-0.4, -0.2) is 18.7 Å². The maximum Gasteiger partial charge on any atom is 0.264 e. The van der Waals surface area contributed by atoms with E-state index in [0.29, 0.717) is 6.42 Å². The number of unbranched alkanes of at least 4 members (excludes halogenated alkanes) is 1. The zero-order valence-electron chi connectivity index (χ0n) is 10.3. The summed E-state index contributed by atoms with van der Waals surface area (Å²) in [5.74, 6) is -0.128. The molecule has 0 atom stereocenters. The van der Waals surface area contributed by atoms with Crippen LogP contribution >= 0.6 is 0 Å². The normalized spacial score (nSPS) is 15.1. The third-order valence-electron chi connectivity index (χ3n) is 3.28. The van der Waals surface area contributed by atoms with Crippen molar-refractivity contribution in [2.24, 2.45) is 0 Å². The van der Waals surface area contributed by atoms with Crippen LogP contribution in [0, 0.1) is 0 Å². The van der Waals surface area contributed by atoms with E-state index < -0.39 is 10.1 Å². The molecule has 0 radical (unpaired) electrons. The number of rotatable bonds is 5. The average Bonchev–Trinajstić information content (AvgIpc) is 2.33. The van der Waals surface area contributed by atoms with Gasteiger partial charge >= 0.3 is 0 Å². The summed E-state index contributed by atoms with van der Waals surface area (Å²) in [4.78, 5) is 0. The Bertz CT molecular complexity index is 544. The van der Waals surface area contributed by atoms with Crippen LogP contribution in [0.5, 0.6) is 0 Å². The Kier molecular flexibility index (Phi) is 4.19. The lowest BCUT2D eigenvalue weighted by molar-refractivity contribution is 0.480. The Balaban J connectivity index is 1.87. The van der Waals surface area contributed by atoms with E-state index in [1.165, 1.54) is 16.7 Å². The van der Waals surface area contributed by atoms with E-state index in [1.54, 1.807) is 0 Å². The molecule has 0 saturated heterocycles. The van der Waals surface area contributed by atoms with Crippen molar-refractivity contribution in [3.8, 4) is 0 Å². The van der Waals surface area contributed by atoms with Gasteiger partial charge in [0.25, 0.3) is 10.1 Å². The van der Waals surface area contributed by atoms with Gasteiger partial charge in [0.05, 0.1) is 5.75 Å². The highest BCUT2D eigenvalue weighted by Gasteiger charge is 2.10. The molecule has 1 aromatic rings. The number of fused-ring (bicyclic) bond motifs is 1. The zero-order chi connectivity index (χ0) is 13.0. The lowest BCUT2D eigenvalue weighted by Crippen LogP contribution is -2.04. The predicted octanol–water partition coefficient (Wildman–Crippen LogP) is 3.07. The van der Waals surface area contributed by atoms with Crippen LogP contribution in [0.3, 0.4) is 0 Å². The summed E-state index contributed by atoms with van der Waals surface area (Å²) in [5.41, 5.74) is 4.05. The van der Waals surface area contributed by atoms with E-state index >= 15 is 0 Å². The van der Waals surface area contributed by atoms with Crippen molar-refractivity contribution < 1.29 is 13.0 Å². The third-order valence-corrected chi connectivity index (χ3v) is 4.08. The Hall–Kier alpha value is -1.13. The van der Waals surface area contributed by atoms with Crippen molar-refractivity contribution in [3.05, 3.63) is 41.0 Å². The van der Waals surface area contributed by atoms with Crippen molar-refractivity contribution in [2.75, 3.05) is 5.75 Å². The summed E-state index contributed by atoms with van der Waals surface area (Å²) in [7, 11) is -3.80. The van der Waals surface area contributed by atoms with Gasteiger partial charge in [-0.25, -0.2) is 0 Å². The minimum absolute atomic E-state index is 0.128. The van der Waals surface area contributed by atoms with Gasteiger partial charge in [-0.05, 0) is 43.2 Å². The summed E-state index contributed by atoms with van der Waals surface area (Å²) in [6.07, 6.45) is 6.60. The van der Waals surface area contributed by atoms with Gasteiger partial charge < -0.3 is 0 Å². The number of hydrogen-bond donors (Lipinski definition) is 1. The van der Waals surface area contributed by atoms with Crippen molar-refractivity contribution in [2.45, 2.75) is 32.1 Å². The van der Waals surface area contributed by atoms with Gasteiger partial charge in [0.2, 0.25) is 0 Å². The van der Waals surface area contributed by atoms with E-state index in [1.807, 2.05) is 6.07 Å². The zero-order valence-corrected chi connectivity index (χ0v) is 11.1. The van der Waals surface area contributed by atoms with Gasteiger partial charge in [0, 0.05) is 0 Å². The van der Waals surface area contributed by atoms with E-state index in [0.717, 1.165) is 25.7 Å². The Labute approximate surface area is 108 Å². The molecular formula is C14H18O3S. The maximum atomic E-state index is 10.6. The molecule has 1 N–H and O–H groups in total. The van der Waals surface area contributed by atoms with Crippen LogP contribution in [0.1, 0.15) is 36.8 Å². The molecule has 98 valence electrons. The van der Waals surface area contributed by atoms with Crippen molar-refractivity contribution in [3.63, 3.8) is 0 Å². The third kappa shape index (κ3) is 3.96. The molecule has 3 nitrogen and oxygen atoms in total. The summed E-state index contributed by atoms with van der Waals surface area (Å²) in [6.45, 7) is 0. The van der Waals surface area contributed by atoms with Gasteiger partial charge in [0.15, 0.2) is 0 Å². The summed E-state index contributed by atoms with van der Waals surface area (Å²) in [5, 5.41) is 0. The van der Waals surface area contributed by atoms with Crippen molar-refractivity contribution >= 4 is 16.2 Å². The largest absolute Gasteiger partial charge is 0.286 e. The predicted molar refractivity (Wildman–Crippen MR) is 73.0 cm³/mol. The number of benzene rings is 1. The fraction of sp³-hybridized carbons (Fsp3) is 0.429. The summed E-state index contributed by atoms with van der Waals surface area (Å²) in [6, 6.07) is 8.37. The summed E-state index contributed by atoms with van der Waals surface area (Å²) < 4.78 is 29.8. The van der Waals surface area contributed by atoms with Crippen LogP contribution in [0.4, 0.5) is 0 Å². The second-order valence-corrected chi connectivity index (χ2v) is 6.32. The molecule has 2 rings (SSSR count). The Morgan fingerprint density at radius 1 is 1.11 bits per heavy atom. The molecule has 0 fully saturated rings. The molecule has 0 aliphatic heterocycles. The molecule has 1 aliphatic rings. The first-order valence-electron chi connectivity index (χ1n) is 6.27. The van der Waals surface area contributed by atoms with Gasteiger partial charge in [0.1, 0.15) is 0 Å². The highest BCUT2D eigenvalue weighted by Crippen LogP contribution is 2.26. The molecule has 4 heteroatoms. The van der Waals surface area contributed by atoms with E-state index in [9.17, 15) is 8.42 Å². The highest BCUT2D eigenvalue weighted by molar-refractivity contribution is 7.85. The molecular weight excluding hydrogens is 248 g/mol. The topological polar surface area (TPSA) is 54.4 Å². The van der Waals surface area contributed by atoms with Crippen LogP contribution in [0.2, 0.25) is 0 Å². The molecule has 0 unspecified atom stereocenters. The van der Waals surface area contributed by atoms with Gasteiger partial charge in [-0.15, -0.1) is 0 Å². The Morgan fingerprint density at radius 2 is 1.89 bits per heavy atom. The minimum atomic E-state index is -3.80. The lowest BCUT2D eigenvalue weighted by atomic mass is 9.90. The van der Waals surface area contributed by atoms with Gasteiger partial charge in [-0.1, -0.05) is 35.9 Å². The van der Waals surface area contributed by atoms with Crippen LogP contribution < -0.4 is 0 Å². The quantitative estimate of drug-likeness (QED) is 0.658. The molecule has 0 aromatic heterocycles. The molecule has 0 bridgehead atoms. The van der Waals surface area contributed by atoms with Crippen molar-refractivity contribution in [1.82, 2.24) is 0 Å². The standard InChI is InChI=1S/C14H18O3S/c15-18(16,17)10-4-3-5-12-8-9-13-6-1-2-7-14(13)11-12/h1-2,6-7,11H,3-5,8-10H2,(H,15,16,17). The van der Waals surface area contributed by atoms with Gasteiger partial charge in [-0.2, -0.15) is 8.42 Å². The minimum Gasteiger partial charge on any atom is -0.286 e. The van der Waals surface area contributed by atoms with Gasteiger partial charge in [-0.3, -0.25) is 4.55 Å². The number of hydrogen-bond acceptors (Lipinski definition) is 2. The molecule has 0 spiro atoms. The molecule has 1 aromatic carbocycles. The monoisotopic (exact) mass is 266 g/mol. The molecule has 0 heterocycles. The summed E-state index contributed by atoms with van der Waals surface area (Å²) >= 11 is 0. The molecule has 0 amide bonds. The van der Waals surface area contributed by atoms with E-state index in [2.05, 4.69) is 24.3 Å². The van der Waals surface area contributed by atoms with Crippen LogP contribution in [-0.2, 0) is 16.5 Å². The highest BCUT2D eigenvalue weighted by atomic mass is 32.2. The SMILES string of the molecule is O=S(=O)(O)CCCCC1=Cc2ccccc2CC1. The van der Waals surface area contributed by atoms with Crippen LogP contribution in [0.15, 0.2) is 29.8 Å². The second-order valence-electron chi connectivity index (χ2n) is 4.74. The van der Waals surface area contributed by atoms with Crippen LogP contribution in [0.25, 0.3) is 6.08 Å². The first kappa shape index (κ1) is 13.3. The fourth-order valence-corrected chi connectivity index (χ4v) is 2.89. The first-order valence-corrected chi connectivity index (χ1v) is 7.88. The second kappa shape index (κ2) is 5.67. The maximum absolute atomic E-state index is 10.6. The number of aryl methyl sites for hydroxylation is 1. The fourth-order valence-electron chi connectivity index (χ4n) is 2.32. The average molecular weight is 266 g/mol. The molecule has 1 aliphatic carbocycles. The van der Waals surface area contributed by atoms with Crippen molar-refractivity contribution in [1.29, 1.82) is 0 Å². The van der Waals surface area contributed by atoms with E-state index in [-0.39, 0.29) is 5.75 Å². The molecule has 18 heavy (non-hydrogen) atoms. The smallest absolute Gasteiger partial charge is 0.264 e. The van der Waals surface area contributed by atoms with E-state index in [4.69, 9.17) is 4.55 Å². The Morgan fingerprint density at radius 3 is 2.67 bits per heavy atom. The molecule has 0 saturated carbocycles. The lowest BCUT2D eigenvalue weighted by Gasteiger charge is -2.16. The first-order chi connectivity index (χ1) is 8.54.